The van der Waals surface area contributed by atoms with E-state index in [0.717, 1.165) is 67.4 Å². The predicted octanol–water partition coefficient (Wildman–Crippen LogP) is 12.9. The van der Waals surface area contributed by atoms with E-state index in [-0.39, 0.29) is 5.41 Å². The number of hydrogen-bond acceptors (Lipinski definition) is 3. The molecule has 0 amide bonds. The maximum Gasteiger partial charge on any atom is 0.141 e. The summed E-state index contributed by atoms with van der Waals surface area (Å²) in [5.41, 5.74) is 16.0. The maximum atomic E-state index is 7.01. The van der Waals surface area contributed by atoms with Crippen molar-refractivity contribution in [3.63, 3.8) is 0 Å². The molecule has 0 unspecified atom stereocenters. The van der Waals surface area contributed by atoms with Gasteiger partial charge in [-0.1, -0.05) is 178 Å². The summed E-state index contributed by atoms with van der Waals surface area (Å²) in [5, 5.41) is 10.1. The van der Waals surface area contributed by atoms with E-state index < -0.39 is 5.41 Å². The number of fused-ring (bicyclic) bond motifs is 9. The molecule has 258 valence electrons. The Labute approximate surface area is 316 Å². The molecule has 0 saturated heterocycles. The largest absolute Gasteiger partial charge is 0.456 e. The minimum Gasteiger partial charge on any atom is -0.456 e. The van der Waals surface area contributed by atoms with Crippen LogP contribution < -0.4 is 4.74 Å². The Bertz CT molecular complexity index is 2680. The Kier molecular flexibility index (Phi) is 7.28. The molecule has 0 saturated carbocycles. The molecule has 0 N–H and O–H groups in total. The monoisotopic (exact) mass is 694 g/mol. The van der Waals surface area contributed by atoms with Gasteiger partial charge >= 0.3 is 0 Å². The van der Waals surface area contributed by atoms with Crippen molar-refractivity contribution in [1.82, 2.24) is 10.2 Å². The van der Waals surface area contributed by atoms with Crippen molar-refractivity contribution in [2.24, 2.45) is 0 Å². The molecule has 2 aliphatic rings. The summed E-state index contributed by atoms with van der Waals surface area (Å²) in [6.07, 6.45) is 0. The zero-order valence-corrected chi connectivity index (χ0v) is 30.5. The van der Waals surface area contributed by atoms with Crippen LogP contribution in [0.3, 0.4) is 0 Å². The van der Waals surface area contributed by atoms with Gasteiger partial charge < -0.3 is 4.74 Å². The van der Waals surface area contributed by atoms with Gasteiger partial charge in [0.05, 0.1) is 11.1 Å². The number of aromatic nitrogens is 2. The minimum atomic E-state index is -0.557. The van der Waals surface area contributed by atoms with Crippen molar-refractivity contribution < 1.29 is 4.74 Å². The number of hydrogen-bond donors (Lipinski definition) is 0. The van der Waals surface area contributed by atoms with Crippen molar-refractivity contribution >= 4 is 0 Å². The van der Waals surface area contributed by atoms with Crippen LogP contribution in [0.1, 0.15) is 48.6 Å². The van der Waals surface area contributed by atoms with Crippen LogP contribution in [0.25, 0.3) is 55.9 Å². The summed E-state index contributed by atoms with van der Waals surface area (Å²) in [7, 11) is 0. The molecule has 0 fully saturated rings. The van der Waals surface area contributed by atoms with Crippen LogP contribution in [0.15, 0.2) is 176 Å². The lowest BCUT2D eigenvalue weighted by Crippen LogP contribution is -2.32. The molecule has 7 aromatic carbocycles. The van der Waals surface area contributed by atoms with Gasteiger partial charge in [0.25, 0.3) is 0 Å². The summed E-state index contributed by atoms with van der Waals surface area (Å²) in [6.45, 7) is 6.73. The van der Waals surface area contributed by atoms with Gasteiger partial charge in [-0.2, -0.15) is 0 Å². The molecule has 3 nitrogen and oxygen atoms in total. The van der Waals surface area contributed by atoms with Crippen LogP contribution in [0.4, 0.5) is 0 Å². The standard InChI is InChI=1S/C51H38N2O/c1-50(2,3)35-30-28-34(29-31-35)48-41(37-19-8-7-18-36(37)33-16-5-4-6-17-33)32-46(52-53-48)40-22-15-26-45-49(40)54-47-27-14-13-25-44(47)51(45)42-23-11-9-20-38(42)39-21-10-12-24-43(39)51/h4-32H,1-3H3. The Morgan fingerprint density at radius 1 is 0.426 bits per heavy atom. The van der Waals surface area contributed by atoms with E-state index in [1.165, 1.54) is 27.8 Å². The van der Waals surface area contributed by atoms with Crippen molar-refractivity contribution in [2.45, 2.75) is 31.6 Å². The smallest absolute Gasteiger partial charge is 0.141 e. The molecule has 0 atom stereocenters. The highest BCUT2D eigenvalue weighted by molar-refractivity contribution is 5.93. The summed E-state index contributed by atoms with van der Waals surface area (Å²) < 4.78 is 7.01. The van der Waals surface area contributed by atoms with Crippen molar-refractivity contribution in [3.05, 3.63) is 204 Å². The topological polar surface area (TPSA) is 35.0 Å². The lowest BCUT2D eigenvalue weighted by Gasteiger charge is -2.40. The van der Waals surface area contributed by atoms with Gasteiger partial charge in [-0.15, -0.1) is 10.2 Å². The molecule has 1 aliphatic heterocycles. The third-order valence-electron chi connectivity index (χ3n) is 11.3. The number of para-hydroxylation sites is 2. The average Bonchev–Trinajstić information content (AvgIpc) is 3.51. The lowest BCUT2D eigenvalue weighted by atomic mass is 9.65. The number of rotatable bonds is 4. The van der Waals surface area contributed by atoms with Gasteiger partial charge in [0, 0.05) is 27.8 Å². The van der Waals surface area contributed by atoms with Crippen LogP contribution in [-0.2, 0) is 10.8 Å². The van der Waals surface area contributed by atoms with E-state index >= 15 is 0 Å². The first-order valence-corrected chi connectivity index (χ1v) is 18.7. The molecule has 10 rings (SSSR count). The second-order valence-corrected chi connectivity index (χ2v) is 15.4. The summed E-state index contributed by atoms with van der Waals surface area (Å²) >= 11 is 0. The van der Waals surface area contributed by atoms with Gasteiger partial charge in [0.15, 0.2) is 0 Å². The van der Waals surface area contributed by atoms with Crippen molar-refractivity contribution in [1.29, 1.82) is 0 Å². The van der Waals surface area contributed by atoms with Gasteiger partial charge in [-0.25, -0.2) is 0 Å². The zero-order valence-electron chi connectivity index (χ0n) is 30.5. The zero-order chi connectivity index (χ0) is 36.4. The minimum absolute atomic E-state index is 0.0412. The van der Waals surface area contributed by atoms with Crippen LogP contribution in [0.2, 0.25) is 0 Å². The Morgan fingerprint density at radius 2 is 0.981 bits per heavy atom. The fourth-order valence-corrected chi connectivity index (χ4v) is 8.74. The van der Waals surface area contributed by atoms with E-state index in [1.807, 2.05) is 0 Å². The average molecular weight is 695 g/mol. The molecule has 3 heteroatoms. The van der Waals surface area contributed by atoms with Crippen LogP contribution in [0.5, 0.6) is 11.5 Å². The highest BCUT2D eigenvalue weighted by Gasteiger charge is 2.51. The lowest BCUT2D eigenvalue weighted by molar-refractivity contribution is 0.438. The fraction of sp³-hybridized carbons (Fsp3) is 0.0980. The van der Waals surface area contributed by atoms with E-state index in [9.17, 15) is 0 Å². The number of benzene rings is 7. The molecule has 1 aliphatic carbocycles. The highest BCUT2D eigenvalue weighted by atomic mass is 16.5. The van der Waals surface area contributed by atoms with E-state index in [1.54, 1.807) is 0 Å². The Hall–Kier alpha value is -6.58. The van der Waals surface area contributed by atoms with Gasteiger partial charge in [0.1, 0.15) is 17.2 Å². The molecule has 0 radical (unpaired) electrons. The molecule has 2 heterocycles. The van der Waals surface area contributed by atoms with Crippen LogP contribution in [0, 0.1) is 0 Å². The number of nitrogens with zero attached hydrogens (tertiary/aromatic N) is 2. The van der Waals surface area contributed by atoms with Gasteiger partial charge in [-0.05, 0) is 68.1 Å². The van der Waals surface area contributed by atoms with E-state index in [0.29, 0.717) is 0 Å². The summed E-state index contributed by atoms with van der Waals surface area (Å²) in [5.74, 6) is 1.66. The first-order chi connectivity index (χ1) is 26.4. The quantitative estimate of drug-likeness (QED) is 0.184. The fourth-order valence-electron chi connectivity index (χ4n) is 8.74. The van der Waals surface area contributed by atoms with Crippen molar-refractivity contribution in [3.8, 4) is 67.4 Å². The van der Waals surface area contributed by atoms with Crippen LogP contribution in [-0.4, -0.2) is 10.2 Å². The SMILES string of the molecule is CC(C)(C)c1ccc(-c2nnc(-c3cccc4c3Oc3ccccc3C43c4ccccc4-c4ccccc43)cc2-c2ccccc2-c2ccccc2)cc1. The van der Waals surface area contributed by atoms with Crippen LogP contribution >= 0.6 is 0 Å². The maximum absolute atomic E-state index is 7.01. The molecule has 1 aromatic heterocycles. The third-order valence-corrected chi connectivity index (χ3v) is 11.3. The van der Waals surface area contributed by atoms with E-state index in [4.69, 9.17) is 14.9 Å². The third kappa shape index (κ3) is 4.82. The van der Waals surface area contributed by atoms with Crippen molar-refractivity contribution in [2.75, 3.05) is 0 Å². The predicted molar refractivity (Wildman–Crippen MR) is 220 cm³/mol. The van der Waals surface area contributed by atoms with Gasteiger partial charge in [0.2, 0.25) is 0 Å². The summed E-state index contributed by atoms with van der Waals surface area (Å²) in [6, 6.07) is 62.9. The highest BCUT2D eigenvalue weighted by Crippen LogP contribution is 2.63. The van der Waals surface area contributed by atoms with E-state index in [2.05, 4.69) is 197 Å². The Balaban J connectivity index is 1.23. The normalized spacial score (nSPS) is 13.4. The number of ether oxygens (including phenoxy) is 1. The molecular weight excluding hydrogens is 657 g/mol. The molecule has 54 heavy (non-hydrogen) atoms. The summed E-state index contributed by atoms with van der Waals surface area (Å²) in [4.78, 5) is 0. The second kappa shape index (κ2) is 12.2. The van der Waals surface area contributed by atoms with Gasteiger partial charge in [-0.3, -0.25) is 0 Å². The first kappa shape index (κ1) is 32.1. The first-order valence-electron chi connectivity index (χ1n) is 18.7. The second-order valence-electron chi connectivity index (χ2n) is 15.4. The Morgan fingerprint density at radius 3 is 1.67 bits per heavy atom. The molecule has 1 spiro atoms. The molecular formula is C51H38N2O. The molecule has 0 bridgehead atoms. The molecule has 8 aromatic rings.